The van der Waals surface area contributed by atoms with Crippen LogP contribution in [-0.4, -0.2) is 102 Å². The number of halogens is 6. The Morgan fingerprint density at radius 1 is 1.07 bits per heavy atom. The summed E-state index contributed by atoms with van der Waals surface area (Å²) in [6.45, 7) is 7.94. The van der Waals surface area contributed by atoms with E-state index >= 15 is 0 Å². The quantitative estimate of drug-likeness (QED) is 0.422. The van der Waals surface area contributed by atoms with Crippen LogP contribution in [-0.2, 0) is 22.7 Å². The van der Waals surface area contributed by atoms with Gasteiger partial charge in [-0.25, -0.2) is 14.6 Å². The molecule has 1 unspecified atom stereocenters. The second-order valence-electron chi connectivity index (χ2n) is 9.12. The van der Waals surface area contributed by atoms with Gasteiger partial charge in [0, 0.05) is 68.7 Å². The smallest absolute Gasteiger partial charge is 0.475 e. The van der Waals surface area contributed by atoms with Crippen LogP contribution in [0, 0.1) is 12.8 Å². The van der Waals surface area contributed by atoms with E-state index in [1.165, 1.54) is 17.9 Å². The highest BCUT2D eigenvalue weighted by atomic mass is 32.2. The van der Waals surface area contributed by atoms with Crippen LogP contribution in [0.5, 0.6) is 0 Å². The fourth-order valence-corrected chi connectivity index (χ4v) is 4.73. The van der Waals surface area contributed by atoms with Crippen LogP contribution >= 0.6 is 11.8 Å². The second-order valence-corrected chi connectivity index (χ2v) is 10.3. The summed E-state index contributed by atoms with van der Waals surface area (Å²) in [6.07, 6.45) is -3.92. The van der Waals surface area contributed by atoms with Crippen LogP contribution in [0.4, 0.5) is 38.1 Å². The first-order valence-corrected chi connectivity index (χ1v) is 13.3. The molecular weight excluding hydrogens is 586 g/mol. The van der Waals surface area contributed by atoms with Crippen LogP contribution in [0.25, 0.3) is 0 Å². The molecule has 4 heterocycles. The number of thioether (sulfide) groups is 1. The van der Waals surface area contributed by atoms with Crippen LogP contribution < -0.4 is 10.6 Å². The monoisotopic (exact) mass is 616 g/mol. The summed E-state index contributed by atoms with van der Waals surface area (Å²) in [7, 11) is 0. The third kappa shape index (κ3) is 12.0. The third-order valence-electron chi connectivity index (χ3n) is 5.81. The lowest BCUT2D eigenvalue weighted by Gasteiger charge is -2.32. The van der Waals surface area contributed by atoms with Crippen molar-refractivity contribution in [2.24, 2.45) is 5.92 Å². The fraction of sp³-hybridized carbons (Fsp3) is 0.636. The molecule has 0 spiro atoms. The molecule has 0 aliphatic carbocycles. The van der Waals surface area contributed by atoms with Crippen LogP contribution in [0.15, 0.2) is 12.4 Å². The van der Waals surface area contributed by atoms with Gasteiger partial charge in [-0.15, -0.1) is 5.10 Å². The van der Waals surface area contributed by atoms with E-state index in [-0.39, 0.29) is 0 Å². The largest absolute Gasteiger partial charge is 0.490 e. The second kappa shape index (κ2) is 15.0. The summed E-state index contributed by atoms with van der Waals surface area (Å²) >= 11 is 2.03. The number of hydrogen-bond donors (Lipinski definition) is 3. The number of nitrogen functional groups attached to an aromatic ring is 1. The number of anilines is 2. The lowest BCUT2D eigenvalue weighted by molar-refractivity contribution is -0.193. The van der Waals surface area contributed by atoms with Crippen molar-refractivity contribution in [3.05, 3.63) is 23.7 Å². The van der Waals surface area contributed by atoms with Crippen LogP contribution in [0.1, 0.15) is 24.1 Å². The molecule has 2 aromatic heterocycles. The number of nitrogens with two attached hydrogens (primary N) is 1. The van der Waals surface area contributed by atoms with E-state index in [1.54, 1.807) is 0 Å². The maximum Gasteiger partial charge on any atom is 0.490 e. The number of aromatic nitrogens is 5. The van der Waals surface area contributed by atoms with Crippen molar-refractivity contribution in [2.75, 3.05) is 48.3 Å². The number of piperidine rings is 1. The summed E-state index contributed by atoms with van der Waals surface area (Å²) in [5, 5.41) is 23.0. The molecule has 2 fully saturated rings. The van der Waals surface area contributed by atoms with E-state index in [4.69, 9.17) is 25.5 Å². The van der Waals surface area contributed by atoms with Crippen LogP contribution in [0.2, 0.25) is 0 Å². The first kappa shape index (κ1) is 33.9. The molecule has 0 aromatic carbocycles. The number of carboxylic acids is 2. The van der Waals surface area contributed by atoms with E-state index in [9.17, 15) is 26.3 Å². The fourth-order valence-electron chi connectivity index (χ4n) is 3.75. The van der Waals surface area contributed by atoms with Gasteiger partial charge < -0.3 is 20.8 Å². The van der Waals surface area contributed by atoms with E-state index < -0.39 is 24.3 Å². The molecule has 0 bridgehead atoms. The standard InChI is InChI=1S/C18H28N8S.2C2HF3O2/c1-14-9-20-18(21-17(14)19)25-4-2-3-15(10-25)11-26-13-16(22-23-26)12-24-5-7-27-8-6-24;2*3-2(4,5)1(6)7/h9,13,15H,2-8,10-12H2,1H3,(H2,19,20,21);2*(H,6,7). The Labute approximate surface area is 234 Å². The first-order chi connectivity index (χ1) is 19.1. The third-order valence-corrected chi connectivity index (χ3v) is 6.75. The van der Waals surface area contributed by atoms with Crippen molar-refractivity contribution in [3.63, 3.8) is 0 Å². The van der Waals surface area contributed by atoms with Crippen molar-refractivity contribution < 1.29 is 46.1 Å². The van der Waals surface area contributed by atoms with Crippen molar-refractivity contribution in [1.82, 2.24) is 29.9 Å². The molecule has 19 heteroatoms. The number of aryl methyl sites for hydroxylation is 1. The normalized spacial score (nSPS) is 18.0. The molecule has 0 saturated carbocycles. The molecule has 0 radical (unpaired) electrons. The van der Waals surface area contributed by atoms with Crippen molar-refractivity contribution in [2.45, 2.75) is 45.2 Å². The summed E-state index contributed by atoms with van der Waals surface area (Å²) in [5.41, 5.74) is 7.96. The predicted octanol–water partition coefficient (Wildman–Crippen LogP) is 2.69. The van der Waals surface area contributed by atoms with Gasteiger partial charge in [0.25, 0.3) is 0 Å². The Hall–Kier alpha value is -3.35. The number of rotatable bonds is 5. The molecule has 4 rings (SSSR count). The Morgan fingerprint density at radius 2 is 1.66 bits per heavy atom. The Balaban J connectivity index is 0.000000349. The van der Waals surface area contributed by atoms with Crippen molar-refractivity contribution in [1.29, 1.82) is 0 Å². The van der Waals surface area contributed by atoms with E-state index in [0.717, 1.165) is 62.9 Å². The van der Waals surface area contributed by atoms with Gasteiger partial charge in [-0.2, -0.15) is 43.1 Å². The van der Waals surface area contributed by atoms with Gasteiger partial charge in [0.15, 0.2) is 0 Å². The highest BCUT2D eigenvalue weighted by molar-refractivity contribution is 7.99. The van der Waals surface area contributed by atoms with Crippen molar-refractivity contribution >= 4 is 35.5 Å². The number of carbonyl (C=O) groups is 2. The molecule has 41 heavy (non-hydrogen) atoms. The summed E-state index contributed by atoms with van der Waals surface area (Å²) in [5.74, 6) is -1.25. The van der Waals surface area contributed by atoms with Gasteiger partial charge in [-0.1, -0.05) is 5.21 Å². The van der Waals surface area contributed by atoms with E-state index in [2.05, 4.69) is 36.3 Å². The summed E-state index contributed by atoms with van der Waals surface area (Å²) < 4.78 is 65.5. The lowest BCUT2D eigenvalue weighted by atomic mass is 9.98. The Morgan fingerprint density at radius 3 is 2.20 bits per heavy atom. The first-order valence-electron chi connectivity index (χ1n) is 12.2. The van der Waals surface area contributed by atoms with Crippen LogP contribution in [0.3, 0.4) is 0 Å². The number of nitrogens with zero attached hydrogens (tertiary/aromatic N) is 7. The molecule has 1 atom stereocenters. The molecule has 4 N–H and O–H groups in total. The molecule has 0 amide bonds. The molecule has 2 saturated heterocycles. The zero-order valence-electron chi connectivity index (χ0n) is 21.9. The Kier molecular flexibility index (Phi) is 12.4. The SMILES string of the molecule is Cc1cnc(N2CCCC(Cn3cc(CN4CCSCC4)nn3)C2)nc1N.O=C(O)C(F)(F)F.O=C(O)C(F)(F)F. The maximum absolute atomic E-state index is 10.6. The summed E-state index contributed by atoms with van der Waals surface area (Å²) in [4.78, 5) is 31.4. The van der Waals surface area contributed by atoms with Gasteiger partial charge in [0.2, 0.25) is 5.95 Å². The zero-order chi connectivity index (χ0) is 30.8. The molecule has 230 valence electrons. The molecule has 2 aliphatic rings. The van der Waals surface area contributed by atoms with Gasteiger partial charge in [0.1, 0.15) is 5.82 Å². The highest BCUT2D eigenvalue weighted by Gasteiger charge is 2.38. The Bertz CT molecular complexity index is 1120. The van der Waals surface area contributed by atoms with Gasteiger partial charge in [-0.3, -0.25) is 9.58 Å². The van der Waals surface area contributed by atoms with Crippen molar-refractivity contribution in [3.8, 4) is 0 Å². The summed E-state index contributed by atoms with van der Waals surface area (Å²) in [6, 6.07) is 0. The topological polar surface area (TPSA) is 164 Å². The molecule has 12 nitrogen and oxygen atoms in total. The van der Waals surface area contributed by atoms with E-state index in [0.29, 0.717) is 11.7 Å². The minimum atomic E-state index is -5.08. The maximum atomic E-state index is 10.6. The highest BCUT2D eigenvalue weighted by Crippen LogP contribution is 2.23. The molecule has 2 aliphatic heterocycles. The molecule has 2 aromatic rings. The number of carboxylic acid groups (broad SMARTS) is 2. The number of hydrogen-bond acceptors (Lipinski definition) is 10. The molecular formula is C22H30F6N8O4S. The minimum Gasteiger partial charge on any atom is -0.475 e. The average Bonchev–Trinajstić information content (AvgIpc) is 3.32. The predicted molar refractivity (Wildman–Crippen MR) is 136 cm³/mol. The van der Waals surface area contributed by atoms with Gasteiger partial charge >= 0.3 is 24.3 Å². The number of aliphatic carboxylic acids is 2. The lowest BCUT2D eigenvalue weighted by Crippen LogP contribution is -2.38. The van der Waals surface area contributed by atoms with Gasteiger partial charge in [0.05, 0.1) is 5.69 Å². The minimum absolute atomic E-state index is 0.519. The zero-order valence-corrected chi connectivity index (χ0v) is 22.7. The average molecular weight is 617 g/mol. The number of alkyl halides is 6. The van der Waals surface area contributed by atoms with E-state index in [1.807, 2.05) is 29.6 Å². The van der Waals surface area contributed by atoms with Gasteiger partial charge in [-0.05, 0) is 25.7 Å².